The summed E-state index contributed by atoms with van der Waals surface area (Å²) in [5, 5.41) is 0. The molecule has 10 nitrogen and oxygen atoms in total. The molecular weight excluding hydrogens is 889 g/mol. The molecule has 0 aromatic heterocycles. The van der Waals surface area contributed by atoms with Gasteiger partial charge in [0.25, 0.3) is 0 Å². The average molecular weight is 992 g/mol. The van der Waals surface area contributed by atoms with Gasteiger partial charge in [-0.15, -0.1) is 0 Å². The standard InChI is InChI=1S/C54H102N2O8Si3/c1-17-47(63-66(21-5,22-6)23-7)45(14)52-49(59-52)41-54(15,64-67(24-8,25-9)26-10)35-29-30-43(12)51-44(13)32-34-48(60-53(58)55(16)38-39-56-36-27-28-37-56)42(11)31-33-46(40-50(57)61-51)62-65(18-2,19-3)20-4/h29-30,32,34-35,42,44-49,51-52H,17-28,31,33,36-41H2,1-16H3. The largest absolute Gasteiger partial charge is 0.457 e. The second kappa shape index (κ2) is 28.5. The number of allylic oxidation sites excluding steroid dienone is 2. The summed E-state index contributed by atoms with van der Waals surface area (Å²) in [5.41, 5.74) is 0.405. The van der Waals surface area contributed by atoms with E-state index in [0.717, 1.165) is 98.9 Å². The van der Waals surface area contributed by atoms with E-state index < -0.39 is 42.8 Å². The molecule has 0 aromatic rings. The molecule has 0 aliphatic carbocycles. The molecule has 388 valence electrons. The van der Waals surface area contributed by atoms with Crippen molar-refractivity contribution in [1.29, 1.82) is 0 Å². The number of epoxide rings is 1. The number of likely N-dealkylation sites (tertiary alicyclic amines) is 1. The van der Waals surface area contributed by atoms with Crippen LogP contribution in [0.25, 0.3) is 0 Å². The van der Waals surface area contributed by atoms with Gasteiger partial charge in [-0.25, -0.2) is 4.79 Å². The van der Waals surface area contributed by atoms with Crippen molar-refractivity contribution in [3.05, 3.63) is 36.0 Å². The van der Waals surface area contributed by atoms with Crippen LogP contribution in [0.15, 0.2) is 36.0 Å². The van der Waals surface area contributed by atoms with Gasteiger partial charge in [0.2, 0.25) is 0 Å². The molecule has 10 atom stereocenters. The molecule has 3 aliphatic rings. The lowest BCUT2D eigenvalue weighted by Gasteiger charge is -2.39. The van der Waals surface area contributed by atoms with Gasteiger partial charge in [0.05, 0.1) is 30.3 Å². The zero-order valence-corrected chi connectivity index (χ0v) is 48.9. The van der Waals surface area contributed by atoms with Crippen LogP contribution in [0, 0.1) is 17.8 Å². The van der Waals surface area contributed by atoms with Gasteiger partial charge < -0.3 is 37.3 Å². The minimum atomic E-state index is -2.04. The van der Waals surface area contributed by atoms with Crippen LogP contribution in [0.5, 0.6) is 0 Å². The van der Waals surface area contributed by atoms with Crippen molar-refractivity contribution in [2.45, 2.75) is 245 Å². The molecule has 2 saturated heterocycles. The molecule has 0 saturated carbocycles. The second-order valence-corrected chi connectivity index (χ2v) is 35.3. The Kier molecular flexibility index (Phi) is 25.4. The number of esters is 1. The Morgan fingerprint density at radius 3 is 2.01 bits per heavy atom. The van der Waals surface area contributed by atoms with Crippen molar-refractivity contribution >= 4 is 37.0 Å². The highest BCUT2D eigenvalue weighted by Crippen LogP contribution is 2.43. The zero-order chi connectivity index (χ0) is 50.0. The lowest BCUT2D eigenvalue weighted by Crippen LogP contribution is -2.46. The third kappa shape index (κ3) is 17.6. The maximum atomic E-state index is 14.1. The Labute approximate surface area is 414 Å². The zero-order valence-electron chi connectivity index (χ0n) is 45.9. The number of carbonyl (C=O) groups excluding carboxylic acids is 2. The predicted molar refractivity (Wildman–Crippen MR) is 286 cm³/mol. The van der Waals surface area contributed by atoms with Gasteiger partial charge >= 0.3 is 12.1 Å². The normalized spacial score (nSPS) is 27.0. The monoisotopic (exact) mass is 991 g/mol. The van der Waals surface area contributed by atoms with Gasteiger partial charge in [-0.2, -0.15) is 0 Å². The quantitative estimate of drug-likeness (QED) is 0.0262. The third-order valence-electron chi connectivity index (χ3n) is 16.8. The van der Waals surface area contributed by atoms with Gasteiger partial charge in [0.15, 0.2) is 25.0 Å². The molecule has 0 spiro atoms. The van der Waals surface area contributed by atoms with Crippen molar-refractivity contribution in [2.75, 3.05) is 33.2 Å². The summed E-state index contributed by atoms with van der Waals surface area (Å²) >= 11 is 0. The van der Waals surface area contributed by atoms with E-state index in [1.165, 1.54) is 12.8 Å². The fourth-order valence-electron chi connectivity index (χ4n) is 10.9. The maximum Gasteiger partial charge on any atom is 0.410 e. The van der Waals surface area contributed by atoms with Gasteiger partial charge in [0, 0.05) is 44.5 Å². The molecule has 13 heteroatoms. The van der Waals surface area contributed by atoms with E-state index >= 15 is 0 Å². The number of carbonyl (C=O) groups is 2. The summed E-state index contributed by atoms with van der Waals surface area (Å²) in [5.74, 6) is -0.0820. The Balaban J connectivity index is 1.96. The molecule has 2 fully saturated rings. The highest BCUT2D eigenvalue weighted by Gasteiger charge is 2.51. The molecule has 0 radical (unpaired) electrons. The van der Waals surface area contributed by atoms with Crippen molar-refractivity contribution in [1.82, 2.24) is 9.80 Å². The maximum absolute atomic E-state index is 14.1. The molecule has 1 amide bonds. The van der Waals surface area contributed by atoms with Gasteiger partial charge in [-0.05, 0) is 131 Å². The minimum absolute atomic E-state index is 0.0282. The van der Waals surface area contributed by atoms with E-state index in [0.29, 0.717) is 18.9 Å². The van der Waals surface area contributed by atoms with Crippen molar-refractivity contribution in [3.8, 4) is 0 Å². The number of ether oxygens (including phenoxy) is 3. The summed E-state index contributed by atoms with van der Waals surface area (Å²) in [6, 6.07) is 9.62. The van der Waals surface area contributed by atoms with Gasteiger partial charge in [-0.1, -0.05) is 114 Å². The lowest BCUT2D eigenvalue weighted by atomic mass is 9.91. The SMILES string of the molecule is CCC(O[Si](CC)(CC)CC)C(C)C1OC1CC(C)(C=CC=C(C)C1OC(=O)CC(O[Si](CC)(CC)CC)CCC(C)C(OC(=O)N(C)CCN2CCCC2)C=CC1C)O[Si](CC)(CC)CC. The van der Waals surface area contributed by atoms with Gasteiger partial charge in [-0.3, -0.25) is 4.79 Å². The van der Waals surface area contributed by atoms with E-state index in [9.17, 15) is 9.59 Å². The first-order chi connectivity index (χ1) is 31.8. The lowest BCUT2D eigenvalue weighted by molar-refractivity contribution is -0.150. The molecule has 3 aliphatic heterocycles. The van der Waals surface area contributed by atoms with E-state index in [2.05, 4.69) is 133 Å². The third-order valence-corrected chi connectivity index (χ3v) is 30.9. The van der Waals surface area contributed by atoms with E-state index in [-0.39, 0.29) is 54.7 Å². The number of hydrogen-bond acceptors (Lipinski definition) is 9. The Morgan fingerprint density at radius 1 is 0.881 bits per heavy atom. The Hall–Kier alpha value is -1.59. The van der Waals surface area contributed by atoms with Crippen LogP contribution in [0.2, 0.25) is 54.4 Å². The van der Waals surface area contributed by atoms with Crippen LogP contribution in [-0.4, -0.2) is 122 Å². The molecule has 67 heavy (non-hydrogen) atoms. The van der Waals surface area contributed by atoms with Crippen molar-refractivity contribution in [2.24, 2.45) is 17.8 Å². The average Bonchev–Trinajstić information content (AvgIpc) is 3.88. The number of cyclic esters (lactones) is 1. The summed E-state index contributed by atoms with van der Waals surface area (Å²) in [4.78, 5) is 31.8. The van der Waals surface area contributed by atoms with Crippen LogP contribution in [0.3, 0.4) is 0 Å². The Bertz CT molecular complexity index is 1540. The first-order valence-corrected chi connectivity index (χ1v) is 35.0. The van der Waals surface area contributed by atoms with Crippen molar-refractivity contribution < 1.29 is 37.1 Å². The van der Waals surface area contributed by atoms with E-state index in [4.69, 9.17) is 27.5 Å². The highest BCUT2D eigenvalue weighted by molar-refractivity contribution is 6.74. The smallest absolute Gasteiger partial charge is 0.410 e. The summed E-state index contributed by atoms with van der Waals surface area (Å²) in [7, 11) is -3.99. The van der Waals surface area contributed by atoms with Crippen LogP contribution < -0.4 is 0 Å². The molecule has 3 heterocycles. The minimum Gasteiger partial charge on any atom is -0.457 e. The summed E-state index contributed by atoms with van der Waals surface area (Å²) in [6.45, 7) is 37.3. The molecule has 0 N–H and O–H groups in total. The van der Waals surface area contributed by atoms with Crippen LogP contribution >= 0.6 is 0 Å². The second-order valence-electron chi connectivity index (χ2n) is 21.2. The first kappa shape index (κ1) is 59.7. The molecule has 3 rings (SSSR count). The van der Waals surface area contributed by atoms with Crippen LogP contribution in [0.1, 0.15) is 149 Å². The summed E-state index contributed by atoms with van der Waals surface area (Å²) < 4.78 is 40.9. The number of amides is 1. The summed E-state index contributed by atoms with van der Waals surface area (Å²) in [6.07, 6.45) is 15.4. The van der Waals surface area contributed by atoms with E-state index in [1.54, 1.807) is 4.90 Å². The highest BCUT2D eigenvalue weighted by atomic mass is 28.4. The predicted octanol–water partition coefficient (Wildman–Crippen LogP) is 13.7. The number of likely N-dealkylation sites (N-methyl/N-ethyl adjacent to an activating group) is 1. The molecule has 0 bridgehead atoms. The fourth-order valence-corrected chi connectivity index (χ4v) is 19.9. The number of hydrogen-bond donors (Lipinski definition) is 0. The van der Waals surface area contributed by atoms with Gasteiger partial charge in [0.1, 0.15) is 12.2 Å². The topological polar surface area (TPSA) is 99.3 Å². The molecule has 0 aromatic carbocycles. The number of nitrogens with zero attached hydrogens (tertiary/aromatic N) is 2. The van der Waals surface area contributed by atoms with Crippen molar-refractivity contribution in [3.63, 3.8) is 0 Å². The molecule has 10 unspecified atom stereocenters. The Morgan fingerprint density at radius 2 is 1.46 bits per heavy atom. The number of rotatable bonds is 27. The first-order valence-electron chi connectivity index (χ1n) is 27.4. The molecular formula is C54H102N2O8Si3. The fraction of sp³-hybridized carbons (Fsp3) is 0.852. The van der Waals surface area contributed by atoms with Crippen LogP contribution in [0.4, 0.5) is 4.79 Å². The van der Waals surface area contributed by atoms with E-state index in [1.807, 2.05) is 13.1 Å². The van der Waals surface area contributed by atoms with Crippen LogP contribution in [-0.2, 0) is 32.3 Å².